The molecule has 0 unspecified atom stereocenters. The zero-order chi connectivity index (χ0) is 26.8. The molecule has 0 atom stereocenters. The van der Waals surface area contributed by atoms with Gasteiger partial charge in [0.15, 0.2) is 0 Å². The number of alkyl halides is 3. The molecular weight excluding hydrogens is 503 g/mol. The highest BCUT2D eigenvalue weighted by Gasteiger charge is 2.30. The van der Waals surface area contributed by atoms with Crippen molar-refractivity contribution >= 4 is 15.9 Å². The van der Waals surface area contributed by atoms with Crippen LogP contribution in [-0.4, -0.2) is 24.3 Å². The monoisotopic (exact) mass is 525 g/mol. The van der Waals surface area contributed by atoms with E-state index in [-0.39, 0.29) is 11.3 Å². The Morgan fingerprint density at radius 1 is 0.811 bits per heavy atom. The molecule has 2 aromatic heterocycles. The van der Waals surface area contributed by atoms with Gasteiger partial charge in [0.05, 0.1) is 27.5 Å². The number of carbonyl (C=O) groups excluding carboxylic acids is 1. The second kappa shape index (κ2) is 10.1. The molecule has 2 aromatic carbocycles. The van der Waals surface area contributed by atoms with Crippen LogP contribution in [0, 0.1) is 6.92 Å². The lowest BCUT2D eigenvalue weighted by atomic mass is 10.0. The maximum Gasteiger partial charge on any atom is 0.416 e. The van der Waals surface area contributed by atoms with Gasteiger partial charge in [-0.3, -0.25) is 9.78 Å². The maximum atomic E-state index is 12.9. The molecule has 0 saturated carbocycles. The topological polar surface area (TPSA) is 89.0 Å². The number of nitrogens with zero attached hydrogens (tertiary/aromatic N) is 2. The molecule has 0 aliphatic rings. The quantitative estimate of drug-likeness (QED) is 0.333. The zero-order valence-electron chi connectivity index (χ0n) is 19.9. The molecule has 37 heavy (non-hydrogen) atoms. The number of pyridine rings is 2. The molecule has 0 aliphatic carbocycles. The third-order valence-electron chi connectivity index (χ3n) is 5.52. The van der Waals surface area contributed by atoms with E-state index < -0.39 is 27.7 Å². The van der Waals surface area contributed by atoms with Gasteiger partial charge >= 0.3 is 6.18 Å². The van der Waals surface area contributed by atoms with Gasteiger partial charge in [0.1, 0.15) is 0 Å². The van der Waals surface area contributed by atoms with Crippen molar-refractivity contribution in [2.75, 3.05) is 0 Å². The Morgan fingerprint density at radius 3 is 2.16 bits per heavy atom. The van der Waals surface area contributed by atoms with Gasteiger partial charge in [-0.2, -0.15) is 13.2 Å². The lowest BCUT2D eigenvalue weighted by Gasteiger charge is -2.11. The minimum absolute atomic E-state index is 0.0282. The Labute approximate surface area is 212 Å². The van der Waals surface area contributed by atoms with E-state index in [1.807, 2.05) is 4.72 Å². The van der Waals surface area contributed by atoms with Gasteiger partial charge in [-0.05, 0) is 66.6 Å². The van der Waals surface area contributed by atoms with Crippen LogP contribution in [0.15, 0.2) is 83.8 Å². The summed E-state index contributed by atoms with van der Waals surface area (Å²) in [6, 6.07) is 19.7. The molecule has 1 N–H and O–H groups in total. The highest BCUT2D eigenvalue weighted by Crippen LogP contribution is 2.32. The van der Waals surface area contributed by atoms with Crippen molar-refractivity contribution < 1.29 is 26.4 Å². The molecule has 6 nitrogen and oxygen atoms in total. The predicted octanol–water partition coefficient (Wildman–Crippen LogP) is 6.02. The molecule has 0 spiro atoms. The molecule has 190 valence electrons. The Balaban J connectivity index is 1.69. The lowest BCUT2D eigenvalue weighted by molar-refractivity contribution is -0.137. The van der Waals surface area contributed by atoms with E-state index in [1.165, 1.54) is 24.3 Å². The Bertz CT molecular complexity index is 1570. The van der Waals surface area contributed by atoms with Gasteiger partial charge in [0, 0.05) is 17.7 Å². The summed E-state index contributed by atoms with van der Waals surface area (Å²) < 4.78 is 65.9. The summed E-state index contributed by atoms with van der Waals surface area (Å²) in [5.41, 5.74) is 3.22. The summed E-state index contributed by atoms with van der Waals surface area (Å²) in [5, 5.41) is 0. The van der Waals surface area contributed by atoms with Crippen LogP contribution in [0.2, 0.25) is 0 Å². The lowest BCUT2D eigenvalue weighted by Crippen LogP contribution is -2.29. The smallest absolute Gasteiger partial charge is 0.274 e. The maximum absolute atomic E-state index is 12.9. The molecule has 0 bridgehead atoms. The Morgan fingerprint density at radius 2 is 1.49 bits per heavy atom. The molecular formula is C27H22F3N3O3S. The van der Waals surface area contributed by atoms with Gasteiger partial charge in [0.2, 0.25) is 5.91 Å². The van der Waals surface area contributed by atoms with E-state index >= 15 is 0 Å². The van der Waals surface area contributed by atoms with Crippen LogP contribution in [0.1, 0.15) is 24.6 Å². The summed E-state index contributed by atoms with van der Waals surface area (Å²) in [4.78, 5) is 20.7. The average molecular weight is 526 g/mol. The van der Waals surface area contributed by atoms with Gasteiger partial charge in [0.25, 0.3) is 10.0 Å². The molecule has 2 heterocycles. The van der Waals surface area contributed by atoms with Crippen molar-refractivity contribution in [2.24, 2.45) is 0 Å². The van der Waals surface area contributed by atoms with Crippen LogP contribution in [0.25, 0.3) is 33.8 Å². The number of benzene rings is 2. The number of aryl methyl sites for hydroxylation is 1. The highest BCUT2D eigenvalue weighted by atomic mass is 32.2. The van der Waals surface area contributed by atoms with Gasteiger partial charge in [-0.1, -0.05) is 37.3 Å². The molecule has 1 amide bonds. The molecule has 0 saturated heterocycles. The van der Waals surface area contributed by atoms with Crippen LogP contribution in [0.5, 0.6) is 0 Å². The minimum Gasteiger partial charge on any atom is -0.274 e. The molecule has 0 fully saturated rings. The van der Waals surface area contributed by atoms with Crippen molar-refractivity contribution in [1.29, 1.82) is 0 Å². The van der Waals surface area contributed by atoms with Crippen LogP contribution >= 0.6 is 0 Å². The number of amides is 1. The minimum atomic E-state index is -4.42. The third-order valence-corrected chi connectivity index (χ3v) is 6.89. The van der Waals surface area contributed by atoms with Crippen molar-refractivity contribution in [1.82, 2.24) is 14.7 Å². The van der Waals surface area contributed by atoms with Gasteiger partial charge in [-0.25, -0.2) is 18.1 Å². The van der Waals surface area contributed by atoms with Crippen LogP contribution in [-0.2, 0) is 21.0 Å². The molecule has 4 rings (SSSR count). The number of hydrogen-bond donors (Lipinski definition) is 1. The number of sulfonamides is 1. The van der Waals surface area contributed by atoms with Crippen molar-refractivity contribution in [3.8, 4) is 33.8 Å². The first-order chi connectivity index (χ1) is 17.5. The third kappa shape index (κ3) is 6.03. The highest BCUT2D eigenvalue weighted by molar-refractivity contribution is 7.90. The number of rotatable bonds is 6. The molecule has 0 aliphatic heterocycles. The van der Waals surface area contributed by atoms with E-state index in [0.29, 0.717) is 39.5 Å². The second-order valence-corrected chi connectivity index (χ2v) is 9.96. The fraction of sp³-hybridized carbons (Fsp3) is 0.148. The first-order valence-corrected chi connectivity index (χ1v) is 12.7. The van der Waals surface area contributed by atoms with Crippen molar-refractivity contribution in [3.05, 3.63) is 90.1 Å². The van der Waals surface area contributed by atoms with Crippen molar-refractivity contribution in [3.63, 3.8) is 0 Å². The fourth-order valence-electron chi connectivity index (χ4n) is 3.66. The number of aromatic nitrogens is 2. The van der Waals surface area contributed by atoms with Crippen LogP contribution in [0.4, 0.5) is 13.2 Å². The Hall–Kier alpha value is -4.05. The van der Waals surface area contributed by atoms with Crippen LogP contribution < -0.4 is 4.72 Å². The predicted molar refractivity (Wildman–Crippen MR) is 134 cm³/mol. The largest absolute Gasteiger partial charge is 0.416 e. The fourth-order valence-corrected chi connectivity index (χ4v) is 4.76. The molecule has 0 radical (unpaired) electrons. The van der Waals surface area contributed by atoms with E-state index in [1.54, 1.807) is 56.3 Å². The summed E-state index contributed by atoms with van der Waals surface area (Å²) in [6.07, 6.45) is -4.39. The average Bonchev–Trinajstić information content (AvgIpc) is 2.88. The number of hydrogen-bond acceptors (Lipinski definition) is 5. The standard InChI is InChI=1S/C27H22F3N3O3S/c1-3-26(34)33-37(35,36)22-7-4-6-19(15-22)23-8-5-9-24(32-23)25-16-20(14-17(2)31-25)18-10-12-21(13-11-18)27(28,29)30/h4-16H,3H2,1-2H3,(H,33,34). The molecule has 10 heteroatoms. The number of nitrogens with one attached hydrogen (secondary N) is 1. The SMILES string of the molecule is CCC(=O)NS(=O)(=O)c1cccc(-c2cccc(-c3cc(-c4ccc(C(F)(F)F)cc4)cc(C)n3)n2)c1. The Kier molecular flexibility index (Phi) is 7.13. The second-order valence-electron chi connectivity index (χ2n) is 8.28. The van der Waals surface area contributed by atoms with E-state index in [2.05, 4.69) is 9.97 Å². The molecule has 4 aromatic rings. The normalized spacial score (nSPS) is 11.8. The summed E-state index contributed by atoms with van der Waals surface area (Å²) >= 11 is 0. The van der Waals surface area contributed by atoms with Gasteiger partial charge in [-0.15, -0.1) is 0 Å². The first kappa shape index (κ1) is 26.0. The summed E-state index contributed by atoms with van der Waals surface area (Å²) in [7, 11) is -4.03. The number of carbonyl (C=O) groups is 1. The zero-order valence-corrected chi connectivity index (χ0v) is 20.7. The van der Waals surface area contributed by atoms with E-state index in [4.69, 9.17) is 0 Å². The summed E-state index contributed by atoms with van der Waals surface area (Å²) in [5.74, 6) is -0.611. The van der Waals surface area contributed by atoms with E-state index in [9.17, 15) is 26.4 Å². The van der Waals surface area contributed by atoms with Crippen LogP contribution in [0.3, 0.4) is 0 Å². The first-order valence-electron chi connectivity index (χ1n) is 11.3. The summed E-state index contributed by atoms with van der Waals surface area (Å²) in [6.45, 7) is 3.33. The van der Waals surface area contributed by atoms with E-state index in [0.717, 1.165) is 12.1 Å². The van der Waals surface area contributed by atoms with Crippen molar-refractivity contribution in [2.45, 2.75) is 31.3 Å². The number of halogens is 3. The van der Waals surface area contributed by atoms with Gasteiger partial charge < -0.3 is 0 Å².